The highest BCUT2D eigenvalue weighted by Gasteiger charge is 2.12. The van der Waals surface area contributed by atoms with Gasteiger partial charge in [-0.3, -0.25) is 4.79 Å². The van der Waals surface area contributed by atoms with Crippen LogP contribution in [0.5, 0.6) is 5.75 Å². The molecule has 0 fully saturated rings. The summed E-state index contributed by atoms with van der Waals surface area (Å²) in [6, 6.07) is 10.7. The second-order valence-corrected chi connectivity index (χ2v) is 5.64. The van der Waals surface area contributed by atoms with E-state index in [1.54, 1.807) is 24.3 Å². The molecule has 24 heavy (non-hydrogen) atoms. The number of phenols is 1. The van der Waals surface area contributed by atoms with Crippen LogP contribution in [0.2, 0.25) is 0 Å². The number of rotatable bonds is 7. The summed E-state index contributed by atoms with van der Waals surface area (Å²) >= 11 is 0. The molecule has 4 N–H and O–H groups in total. The number of hydrogen-bond donors (Lipinski definition) is 3. The molecule has 0 aliphatic rings. The van der Waals surface area contributed by atoms with E-state index in [2.05, 4.69) is 5.32 Å². The number of hydrogen-bond acceptors (Lipinski definition) is 4. The molecule has 0 aromatic heterocycles. The summed E-state index contributed by atoms with van der Waals surface area (Å²) in [6.45, 7) is 5.61. The summed E-state index contributed by atoms with van der Waals surface area (Å²) in [7, 11) is 0. The molecule has 5 heteroatoms. The fourth-order valence-corrected chi connectivity index (χ4v) is 2.46. The monoisotopic (exact) mass is 328 g/mol. The van der Waals surface area contributed by atoms with Gasteiger partial charge < -0.3 is 20.9 Å². The van der Waals surface area contributed by atoms with Crippen molar-refractivity contribution in [2.75, 3.05) is 25.5 Å². The summed E-state index contributed by atoms with van der Waals surface area (Å²) in [5.74, 6) is -0.0712. The molecule has 1 amide bonds. The molecule has 0 bridgehead atoms. The van der Waals surface area contributed by atoms with Gasteiger partial charge >= 0.3 is 0 Å². The molecule has 0 aliphatic heterocycles. The van der Waals surface area contributed by atoms with Crippen LogP contribution in [0.1, 0.15) is 29.3 Å². The van der Waals surface area contributed by atoms with Crippen LogP contribution in [-0.2, 0) is 4.74 Å². The molecule has 128 valence electrons. The van der Waals surface area contributed by atoms with Crippen molar-refractivity contribution in [3.05, 3.63) is 47.5 Å². The van der Waals surface area contributed by atoms with Crippen molar-refractivity contribution in [2.45, 2.75) is 20.3 Å². The second kappa shape index (κ2) is 8.36. The Kier molecular flexibility index (Phi) is 6.21. The number of aryl methyl sites for hydroxylation is 1. The Hall–Kier alpha value is -2.53. The highest BCUT2D eigenvalue weighted by Crippen LogP contribution is 2.34. The molecule has 0 unspecified atom stereocenters. The van der Waals surface area contributed by atoms with Gasteiger partial charge in [0.25, 0.3) is 5.91 Å². The number of phenolic OH excluding ortho intramolecular Hbond substituents is 1. The Morgan fingerprint density at radius 3 is 2.75 bits per heavy atom. The van der Waals surface area contributed by atoms with E-state index in [0.717, 1.165) is 17.5 Å². The molecule has 5 nitrogen and oxygen atoms in total. The maximum atomic E-state index is 12.2. The van der Waals surface area contributed by atoms with Gasteiger partial charge in [-0.15, -0.1) is 0 Å². The molecule has 0 saturated carbocycles. The van der Waals surface area contributed by atoms with Crippen LogP contribution in [-0.4, -0.2) is 30.8 Å². The molecule has 0 atom stereocenters. The summed E-state index contributed by atoms with van der Waals surface area (Å²) < 4.78 is 5.35. The van der Waals surface area contributed by atoms with E-state index < -0.39 is 0 Å². The molecular weight excluding hydrogens is 304 g/mol. The van der Waals surface area contributed by atoms with Gasteiger partial charge in [-0.05, 0) is 36.6 Å². The zero-order valence-electron chi connectivity index (χ0n) is 14.1. The Balaban J connectivity index is 2.09. The topological polar surface area (TPSA) is 84.6 Å². The first kappa shape index (κ1) is 17.8. The van der Waals surface area contributed by atoms with Crippen molar-refractivity contribution in [1.82, 2.24) is 5.32 Å². The van der Waals surface area contributed by atoms with E-state index in [9.17, 15) is 9.90 Å². The molecule has 0 heterocycles. The van der Waals surface area contributed by atoms with Gasteiger partial charge in [0.15, 0.2) is 0 Å². The standard InChI is InChI=1S/C19H24N2O3/c1-3-10-24-11-9-21-19(23)15-8-7-14(12-13(15)2)16-5-4-6-17(20)18(16)22/h4-8,12,22H,3,9-11,20H2,1-2H3,(H,21,23). The van der Waals surface area contributed by atoms with Crippen LogP contribution < -0.4 is 11.1 Å². The first-order valence-corrected chi connectivity index (χ1v) is 8.09. The lowest BCUT2D eigenvalue weighted by Crippen LogP contribution is -2.27. The molecule has 0 aliphatic carbocycles. The van der Waals surface area contributed by atoms with Gasteiger partial charge in [0.05, 0.1) is 12.3 Å². The lowest BCUT2D eigenvalue weighted by Gasteiger charge is -2.11. The van der Waals surface area contributed by atoms with E-state index in [1.807, 2.05) is 26.0 Å². The molecule has 0 saturated heterocycles. The number of aromatic hydroxyl groups is 1. The van der Waals surface area contributed by atoms with Gasteiger partial charge in [-0.1, -0.05) is 31.2 Å². The minimum absolute atomic E-state index is 0.0576. The SMILES string of the molecule is CCCOCCNC(=O)c1ccc(-c2cccc(N)c2O)cc1C. The summed E-state index contributed by atoms with van der Waals surface area (Å²) in [5.41, 5.74) is 8.98. The van der Waals surface area contributed by atoms with Crippen LogP contribution in [0.15, 0.2) is 36.4 Å². The number of nitrogens with two attached hydrogens (primary N) is 1. The normalized spacial score (nSPS) is 10.6. The summed E-state index contributed by atoms with van der Waals surface area (Å²) in [4.78, 5) is 12.2. The maximum absolute atomic E-state index is 12.2. The summed E-state index contributed by atoms with van der Waals surface area (Å²) in [6.07, 6.45) is 0.964. The lowest BCUT2D eigenvalue weighted by molar-refractivity contribution is 0.0915. The third-order valence-electron chi connectivity index (χ3n) is 3.73. The molecule has 2 aromatic carbocycles. The van der Waals surface area contributed by atoms with Crippen LogP contribution in [0, 0.1) is 6.92 Å². The third kappa shape index (κ3) is 4.26. The number of ether oxygens (including phenoxy) is 1. The maximum Gasteiger partial charge on any atom is 0.251 e. The number of carbonyl (C=O) groups excluding carboxylic acids is 1. The fraction of sp³-hybridized carbons (Fsp3) is 0.316. The predicted octanol–water partition coefficient (Wildman–Crippen LogP) is 3.11. The molecule has 0 radical (unpaired) electrons. The number of nitrogens with one attached hydrogen (secondary N) is 1. The Bertz CT molecular complexity index is 714. The van der Waals surface area contributed by atoms with Gasteiger partial charge in [0.1, 0.15) is 5.75 Å². The number of nitrogen functional groups attached to an aromatic ring is 1. The predicted molar refractivity (Wildman–Crippen MR) is 96.1 cm³/mol. The van der Waals surface area contributed by atoms with Crippen molar-refractivity contribution in [3.8, 4) is 16.9 Å². The van der Waals surface area contributed by atoms with Crippen molar-refractivity contribution < 1.29 is 14.6 Å². The summed E-state index contributed by atoms with van der Waals surface area (Å²) in [5, 5.41) is 12.9. The third-order valence-corrected chi connectivity index (χ3v) is 3.73. The van der Waals surface area contributed by atoms with E-state index in [1.165, 1.54) is 0 Å². The molecule has 2 aromatic rings. The van der Waals surface area contributed by atoms with Gasteiger partial charge in [0.2, 0.25) is 0 Å². The highest BCUT2D eigenvalue weighted by atomic mass is 16.5. The van der Waals surface area contributed by atoms with Crippen molar-refractivity contribution in [2.24, 2.45) is 0 Å². The van der Waals surface area contributed by atoms with Gasteiger partial charge in [-0.2, -0.15) is 0 Å². The minimum Gasteiger partial charge on any atom is -0.505 e. The van der Waals surface area contributed by atoms with E-state index in [0.29, 0.717) is 36.6 Å². The number of benzene rings is 2. The number of para-hydroxylation sites is 1. The Labute approximate surface area is 142 Å². The first-order chi connectivity index (χ1) is 11.5. The Morgan fingerprint density at radius 1 is 1.25 bits per heavy atom. The highest BCUT2D eigenvalue weighted by molar-refractivity contribution is 5.96. The number of carbonyl (C=O) groups is 1. The van der Waals surface area contributed by atoms with Crippen LogP contribution >= 0.6 is 0 Å². The lowest BCUT2D eigenvalue weighted by atomic mass is 9.98. The van der Waals surface area contributed by atoms with Crippen LogP contribution in [0.3, 0.4) is 0 Å². The minimum atomic E-state index is -0.129. The smallest absolute Gasteiger partial charge is 0.251 e. The fourth-order valence-electron chi connectivity index (χ4n) is 2.46. The van der Waals surface area contributed by atoms with Crippen LogP contribution in [0.25, 0.3) is 11.1 Å². The van der Waals surface area contributed by atoms with Gasteiger partial charge in [0, 0.05) is 24.3 Å². The van der Waals surface area contributed by atoms with Crippen molar-refractivity contribution in [1.29, 1.82) is 0 Å². The van der Waals surface area contributed by atoms with Crippen LogP contribution in [0.4, 0.5) is 5.69 Å². The molecule has 2 rings (SSSR count). The van der Waals surface area contributed by atoms with Gasteiger partial charge in [-0.25, -0.2) is 0 Å². The second-order valence-electron chi connectivity index (χ2n) is 5.64. The van der Waals surface area contributed by atoms with Crippen molar-refractivity contribution in [3.63, 3.8) is 0 Å². The zero-order chi connectivity index (χ0) is 17.5. The molecular formula is C19H24N2O3. The van der Waals surface area contributed by atoms with Crippen molar-refractivity contribution >= 4 is 11.6 Å². The van der Waals surface area contributed by atoms with E-state index >= 15 is 0 Å². The molecule has 0 spiro atoms. The first-order valence-electron chi connectivity index (χ1n) is 8.09. The van der Waals surface area contributed by atoms with E-state index in [4.69, 9.17) is 10.5 Å². The number of amides is 1. The largest absolute Gasteiger partial charge is 0.505 e. The zero-order valence-corrected chi connectivity index (χ0v) is 14.1. The average Bonchev–Trinajstić information content (AvgIpc) is 2.57. The average molecular weight is 328 g/mol. The number of anilines is 1. The quantitative estimate of drug-likeness (QED) is 0.414. The Morgan fingerprint density at radius 2 is 2.04 bits per heavy atom. The van der Waals surface area contributed by atoms with E-state index in [-0.39, 0.29) is 11.7 Å².